The molecule has 2 aromatic rings. The first kappa shape index (κ1) is 15.3. The topological polar surface area (TPSA) is 37.4 Å². The number of ether oxygens (including phenoxy) is 1. The number of nitrogens with one attached hydrogen (secondary N) is 1. The fourth-order valence-corrected chi connectivity index (χ4v) is 2.22. The van der Waals surface area contributed by atoms with E-state index < -0.39 is 0 Å². The van der Waals surface area contributed by atoms with Gasteiger partial charge in [0.15, 0.2) is 0 Å². The van der Waals surface area contributed by atoms with Crippen molar-refractivity contribution in [1.29, 1.82) is 0 Å². The quantitative estimate of drug-likeness (QED) is 0.881. The third-order valence-electron chi connectivity index (χ3n) is 3.57. The van der Waals surface area contributed by atoms with Crippen LogP contribution in [0.2, 0.25) is 0 Å². The molecule has 112 valence electrons. The van der Waals surface area contributed by atoms with Gasteiger partial charge in [-0.3, -0.25) is 4.98 Å². The Balaban J connectivity index is 2.13. The zero-order chi connectivity index (χ0) is 15.2. The highest BCUT2D eigenvalue weighted by Crippen LogP contribution is 2.25. The molecule has 0 aliphatic heterocycles. The number of methoxy groups -OCH3 is 1. The van der Waals surface area contributed by atoms with Gasteiger partial charge in [0.2, 0.25) is 0 Å². The summed E-state index contributed by atoms with van der Waals surface area (Å²) in [4.78, 5) is 6.65. The van der Waals surface area contributed by atoms with Crippen molar-refractivity contribution in [1.82, 2.24) is 10.3 Å². The van der Waals surface area contributed by atoms with Crippen molar-refractivity contribution in [3.05, 3.63) is 48.3 Å². The molecule has 4 heteroatoms. The molecule has 0 amide bonds. The number of benzene rings is 1. The van der Waals surface area contributed by atoms with Gasteiger partial charge in [0.25, 0.3) is 0 Å². The fraction of sp³-hybridized carbons (Fsp3) is 0.353. The van der Waals surface area contributed by atoms with Crippen LogP contribution in [0.15, 0.2) is 42.6 Å². The number of anilines is 2. The van der Waals surface area contributed by atoms with Crippen LogP contribution in [-0.2, 0) is 0 Å². The Labute approximate surface area is 126 Å². The summed E-state index contributed by atoms with van der Waals surface area (Å²) in [5.41, 5.74) is 3.22. The highest BCUT2D eigenvalue weighted by atomic mass is 16.5. The molecule has 0 fully saturated rings. The van der Waals surface area contributed by atoms with Gasteiger partial charge in [-0.05, 0) is 49.9 Å². The van der Waals surface area contributed by atoms with Gasteiger partial charge in [0, 0.05) is 18.8 Å². The molecule has 1 heterocycles. The molecule has 0 bridgehead atoms. The largest absolute Gasteiger partial charge is 0.497 e. The molecule has 0 aliphatic carbocycles. The third kappa shape index (κ3) is 3.73. The summed E-state index contributed by atoms with van der Waals surface area (Å²) < 4.78 is 5.18. The predicted molar refractivity (Wildman–Crippen MR) is 87.4 cm³/mol. The first-order valence-corrected chi connectivity index (χ1v) is 7.22. The van der Waals surface area contributed by atoms with Crippen LogP contribution >= 0.6 is 0 Å². The van der Waals surface area contributed by atoms with Gasteiger partial charge >= 0.3 is 0 Å². The lowest BCUT2D eigenvalue weighted by atomic mass is 10.2. The summed E-state index contributed by atoms with van der Waals surface area (Å²) in [5, 5.41) is 3.36. The first-order valence-electron chi connectivity index (χ1n) is 7.22. The van der Waals surface area contributed by atoms with Crippen molar-refractivity contribution in [2.45, 2.75) is 19.9 Å². The number of aromatic nitrogens is 1. The van der Waals surface area contributed by atoms with Crippen molar-refractivity contribution in [3.8, 4) is 5.75 Å². The Hall–Kier alpha value is -2.07. The van der Waals surface area contributed by atoms with Gasteiger partial charge in [-0.25, -0.2) is 0 Å². The molecule has 0 spiro atoms. The van der Waals surface area contributed by atoms with E-state index in [0.29, 0.717) is 0 Å². The normalized spacial score (nSPS) is 12.0. The summed E-state index contributed by atoms with van der Waals surface area (Å²) in [7, 11) is 3.71. The van der Waals surface area contributed by atoms with E-state index in [1.54, 1.807) is 7.11 Å². The van der Waals surface area contributed by atoms with E-state index in [-0.39, 0.29) is 6.04 Å². The van der Waals surface area contributed by atoms with Gasteiger partial charge in [-0.2, -0.15) is 0 Å². The second-order valence-corrected chi connectivity index (χ2v) is 4.98. The van der Waals surface area contributed by atoms with E-state index >= 15 is 0 Å². The molecule has 1 unspecified atom stereocenters. The van der Waals surface area contributed by atoms with Gasteiger partial charge in [-0.15, -0.1) is 0 Å². The van der Waals surface area contributed by atoms with E-state index in [2.05, 4.69) is 41.2 Å². The third-order valence-corrected chi connectivity index (χ3v) is 3.57. The smallest absolute Gasteiger partial charge is 0.119 e. The number of hydrogen-bond acceptors (Lipinski definition) is 4. The molecule has 1 aromatic heterocycles. The Morgan fingerprint density at radius 3 is 2.33 bits per heavy atom. The van der Waals surface area contributed by atoms with E-state index in [1.165, 1.54) is 0 Å². The van der Waals surface area contributed by atoms with Crippen LogP contribution in [0.3, 0.4) is 0 Å². The van der Waals surface area contributed by atoms with Crippen LogP contribution in [0.25, 0.3) is 0 Å². The molecule has 1 N–H and O–H groups in total. The Morgan fingerprint density at radius 1 is 1.14 bits per heavy atom. The maximum Gasteiger partial charge on any atom is 0.119 e. The summed E-state index contributed by atoms with van der Waals surface area (Å²) >= 11 is 0. The molecule has 0 saturated heterocycles. The van der Waals surface area contributed by atoms with Crippen molar-refractivity contribution in [3.63, 3.8) is 0 Å². The Bertz CT molecular complexity index is 551. The molecule has 0 aliphatic rings. The van der Waals surface area contributed by atoms with E-state index in [4.69, 9.17) is 4.74 Å². The minimum Gasteiger partial charge on any atom is -0.497 e. The van der Waals surface area contributed by atoms with Gasteiger partial charge in [0.1, 0.15) is 5.75 Å². The zero-order valence-corrected chi connectivity index (χ0v) is 13.1. The number of rotatable bonds is 6. The molecular formula is C17H23N3O. The van der Waals surface area contributed by atoms with E-state index in [9.17, 15) is 0 Å². The van der Waals surface area contributed by atoms with Crippen molar-refractivity contribution < 1.29 is 4.74 Å². The lowest BCUT2D eigenvalue weighted by Crippen LogP contribution is -2.19. The lowest BCUT2D eigenvalue weighted by Gasteiger charge is -2.20. The average molecular weight is 285 g/mol. The van der Waals surface area contributed by atoms with Gasteiger partial charge in [-0.1, -0.05) is 6.92 Å². The zero-order valence-electron chi connectivity index (χ0n) is 13.1. The maximum absolute atomic E-state index is 5.18. The first-order chi connectivity index (χ1) is 10.2. The number of hydrogen-bond donors (Lipinski definition) is 1. The Morgan fingerprint density at radius 2 is 1.81 bits per heavy atom. The molecule has 1 aromatic carbocycles. The van der Waals surface area contributed by atoms with Gasteiger partial charge < -0.3 is 15.0 Å². The standard InChI is InChI=1S/C17H23N3O/c1-5-18-13(2)17-11-8-15(12-19-17)20(3)14-6-9-16(21-4)10-7-14/h6-13,18H,5H2,1-4H3. The van der Waals surface area contributed by atoms with Crippen molar-refractivity contribution in [2.75, 3.05) is 25.6 Å². The number of nitrogens with zero attached hydrogens (tertiary/aromatic N) is 2. The molecule has 4 nitrogen and oxygen atoms in total. The van der Waals surface area contributed by atoms with Crippen LogP contribution in [0, 0.1) is 0 Å². The van der Waals surface area contributed by atoms with Crippen LogP contribution in [-0.4, -0.2) is 25.7 Å². The molecule has 21 heavy (non-hydrogen) atoms. The summed E-state index contributed by atoms with van der Waals surface area (Å²) in [5.74, 6) is 0.861. The van der Waals surface area contributed by atoms with Crippen molar-refractivity contribution >= 4 is 11.4 Å². The summed E-state index contributed by atoms with van der Waals surface area (Å²) in [6.45, 7) is 5.16. The van der Waals surface area contributed by atoms with E-state index in [1.807, 2.05) is 37.5 Å². The molecule has 0 saturated carbocycles. The van der Waals surface area contributed by atoms with Crippen LogP contribution in [0.5, 0.6) is 5.75 Å². The van der Waals surface area contributed by atoms with E-state index in [0.717, 1.165) is 29.4 Å². The molecule has 1 atom stereocenters. The predicted octanol–water partition coefficient (Wildman–Crippen LogP) is 3.53. The molecular weight excluding hydrogens is 262 g/mol. The summed E-state index contributed by atoms with van der Waals surface area (Å²) in [6.07, 6.45) is 1.91. The second-order valence-electron chi connectivity index (χ2n) is 4.98. The van der Waals surface area contributed by atoms with Crippen LogP contribution in [0.1, 0.15) is 25.6 Å². The van der Waals surface area contributed by atoms with Crippen LogP contribution < -0.4 is 15.0 Å². The lowest BCUT2D eigenvalue weighted by molar-refractivity contribution is 0.415. The van der Waals surface area contributed by atoms with Crippen molar-refractivity contribution in [2.24, 2.45) is 0 Å². The second kappa shape index (κ2) is 7.09. The summed E-state index contributed by atoms with van der Waals surface area (Å²) in [6, 6.07) is 12.4. The minimum atomic E-state index is 0.273. The highest BCUT2D eigenvalue weighted by molar-refractivity contribution is 5.62. The minimum absolute atomic E-state index is 0.273. The monoisotopic (exact) mass is 285 g/mol. The highest BCUT2D eigenvalue weighted by Gasteiger charge is 2.08. The van der Waals surface area contributed by atoms with Gasteiger partial charge in [0.05, 0.1) is 24.7 Å². The maximum atomic E-state index is 5.18. The average Bonchev–Trinajstić information content (AvgIpc) is 2.54. The molecule has 0 radical (unpaired) electrons. The Kier molecular flexibility index (Phi) is 5.17. The van der Waals surface area contributed by atoms with Crippen LogP contribution in [0.4, 0.5) is 11.4 Å². The molecule has 2 rings (SSSR count). The fourth-order valence-electron chi connectivity index (χ4n) is 2.22. The number of pyridine rings is 1. The SMILES string of the molecule is CCNC(C)c1ccc(N(C)c2ccc(OC)cc2)cn1.